The number of carbonyl (C=O) groups is 1. The highest BCUT2D eigenvalue weighted by molar-refractivity contribution is 9.10. The molecule has 0 radical (unpaired) electrons. The van der Waals surface area contributed by atoms with Gasteiger partial charge in [-0.05, 0) is 42.7 Å². The highest BCUT2D eigenvalue weighted by Crippen LogP contribution is 2.33. The van der Waals surface area contributed by atoms with Crippen LogP contribution in [-0.4, -0.2) is 17.4 Å². The number of benzene rings is 2. The third-order valence-corrected chi connectivity index (χ3v) is 4.32. The molecule has 1 aliphatic heterocycles. The van der Waals surface area contributed by atoms with Crippen LogP contribution in [0.1, 0.15) is 34.8 Å². The van der Waals surface area contributed by atoms with E-state index in [1.165, 1.54) is 5.56 Å². The van der Waals surface area contributed by atoms with Crippen molar-refractivity contribution in [3.05, 3.63) is 70.2 Å². The fraction of sp³-hybridized carbons (Fsp3) is 0.235. The van der Waals surface area contributed by atoms with Crippen LogP contribution in [0.2, 0.25) is 0 Å². The Morgan fingerprint density at radius 3 is 2.45 bits per heavy atom. The molecular weight excluding hydrogens is 314 g/mol. The highest BCUT2D eigenvalue weighted by Gasteiger charge is 2.30. The number of carbonyl (C=O) groups excluding carboxylic acids is 1. The van der Waals surface area contributed by atoms with Gasteiger partial charge in [-0.25, -0.2) is 0 Å². The molecule has 1 atom stereocenters. The van der Waals surface area contributed by atoms with Crippen LogP contribution in [0.15, 0.2) is 59.1 Å². The predicted octanol–water partition coefficient (Wildman–Crippen LogP) is 4.43. The van der Waals surface area contributed by atoms with Gasteiger partial charge in [0.15, 0.2) is 0 Å². The number of rotatable bonds is 2. The Bertz CT molecular complexity index is 594. The highest BCUT2D eigenvalue weighted by atomic mass is 79.9. The van der Waals surface area contributed by atoms with E-state index in [9.17, 15) is 4.79 Å². The summed E-state index contributed by atoms with van der Waals surface area (Å²) in [6, 6.07) is 18.1. The van der Waals surface area contributed by atoms with E-state index in [1.807, 2.05) is 47.4 Å². The van der Waals surface area contributed by atoms with Gasteiger partial charge >= 0.3 is 0 Å². The molecule has 0 unspecified atom stereocenters. The SMILES string of the molecule is O=C(c1ccc(Br)cc1)N1CCC[C@@H]1c1ccccc1. The summed E-state index contributed by atoms with van der Waals surface area (Å²) in [5, 5.41) is 0. The predicted molar refractivity (Wildman–Crippen MR) is 83.6 cm³/mol. The molecule has 1 amide bonds. The molecule has 0 bridgehead atoms. The van der Waals surface area contributed by atoms with Gasteiger partial charge in [0, 0.05) is 16.6 Å². The molecule has 1 aliphatic rings. The molecule has 1 fully saturated rings. The van der Waals surface area contributed by atoms with E-state index in [0.717, 1.165) is 29.4 Å². The third-order valence-electron chi connectivity index (χ3n) is 3.79. The van der Waals surface area contributed by atoms with Crippen LogP contribution < -0.4 is 0 Å². The summed E-state index contributed by atoms with van der Waals surface area (Å²) < 4.78 is 0.995. The lowest BCUT2D eigenvalue weighted by Gasteiger charge is -2.25. The number of likely N-dealkylation sites (tertiary alicyclic amines) is 1. The average Bonchev–Trinajstić information content (AvgIpc) is 2.97. The Labute approximate surface area is 127 Å². The van der Waals surface area contributed by atoms with Gasteiger partial charge in [-0.3, -0.25) is 4.79 Å². The van der Waals surface area contributed by atoms with Crippen molar-refractivity contribution < 1.29 is 4.79 Å². The second-order valence-corrected chi connectivity index (χ2v) is 5.99. The molecule has 1 heterocycles. The zero-order chi connectivity index (χ0) is 13.9. The van der Waals surface area contributed by atoms with Crippen molar-refractivity contribution in [1.29, 1.82) is 0 Å². The van der Waals surface area contributed by atoms with Crippen LogP contribution >= 0.6 is 15.9 Å². The van der Waals surface area contributed by atoms with Gasteiger partial charge in [-0.1, -0.05) is 46.3 Å². The summed E-state index contributed by atoms with van der Waals surface area (Å²) in [5.41, 5.74) is 1.99. The van der Waals surface area contributed by atoms with Crippen molar-refractivity contribution in [2.75, 3.05) is 6.54 Å². The van der Waals surface area contributed by atoms with Crippen molar-refractivity contribution >= 4 is 21.8 Å². The molecule has 3 rings (SSSR count). The van der Waals surface area contributed by atoms with Gasteiger partial charge in [-0.15, -0.1) is 0 Å². The smallest absolute Gasteiger partial charge is 0.254 e. The summed E-state index contributed by atoms with van der Waals surface area (Å²) in [4.78, 5) is 14.7. The molecule has 0 aliphatic carbocycles. The molecule has 0 aromatic heterocycles. The van der Waals surface area contributed by atoms with Crippen molar-refractivity contribution in [3.8, 4) is 0 Å². The minimum absolute atomic E-state index is 0.129. The van der Waals surface area contributed by atoms with E-state index in [2.05, 4.69) is 28.1 Å². The fourth-order valence-corrected chi connectivity index (χ4v) is 3.05. The number of amides is 1. The van der Waals surface area contributed by atoms with Gasteiger partial charge in [0.05, 0.1) is 6.04 Å². The van der Waals surface area contributed by atoms with Gasteiger partial charge < -0.3 is 4.90 Å². The Morgan fingerprint density at radius 1 is 1.05 bits per heavy atom. The van der Waals surface area contributed by atoms with Crippen LogP contribution in [0.25, 0.3) is 0 Å². The molecule has 0 N–H and O–H groups in total. The Morgan fingerprint density at radius 2 is 1.75 bits per heavy atom. The maximum atomic E-state index is 12.7. The molecule has 2 nitrogen and oxygen atoms in total. The molecule has 0 saturated carbocycles. The van der Waals surface area contributed by atoms with E-state index >= 15 is 0 Å². The van der Waals surface area contributed by atoms with E-state index in [4.69, 9.17) is 0 Å². The van der Waals surface area contributed by atoms with Crippen LogP contribution in [-0.2, 0) is 0 Å². The lowest BCUT2D eigenvalue weighted by Crippen LogP contribution is -2.30. The van der Waals surface area contributed by atoms with Gasteiger partial charge in [0.2, 0.25) is 0 Å². The first-order chi connectivity index (χ1) is 9.75. The van der Waals surface area contributed by atoms with E-state index in [1.54, 1.807) is 0 Å². The standard InChI is InChI=1S/C17H16BrNO/c18-15-10-8-14(9-11-15)17(20)19-12-4-7-16(19)13-5-2-1-3-6-13/h1-3,5-6,8-11,16H,4,7,12H2/t16-/m1/s1. The molecule has 3 heteroatoms. The quantitative estimate of drug-likeness (QED) is 0.798. The summed E-state index contributed by atoms with van der Waals surface area (Å²) in [5.74, 6) is 0.129. The van der Waals surface area contributed by atoms with Crippen LogP contribution in [0, 0.1) is 0 Å². The third kappa shape index (κ3) is 2.63. The minimum Gasteiger partial charge on any atom is -0.332 e. The number of halogens is 1. The largest absolute Gasteiger partial charge is 0.332 e. The Kier molecular flexibility index (Phi) is 3.88. The molecular formula is C17H16BrNO. The summed E-state index contributed by atoms with van der Waals surface area (Å²) >= 11 is 3.40. The van der Waals surface area contributed by atoms with E-state index in [0.29, 0.717) is 0 Å². The normalized spacial score (nSPS) is 18.2. The Hall–Kier alpha value is -1.61. The zero-order valence-electron chi connectivity index (χ0n) is 11.1. The lowest BCUT2D eigenvalue weighted by atomic mass is 10.0. The van der Waals surface area contributed by atoms with Crippen molar-refractivity contribution in [2.24, 2.45) is 0 Å². The molecule has 102 valence electrons. The van der Waals surface area contributed by atoms with E-state index < -0.39 is 0 Å². The van der Waals surface area contributed by atoms with Crippen LogP contribution in [0.3, 0.4) is 0 Å². The average molecular weight is 330 g/mol. The monoisotopic (exact) mass is 329 g/mol. The molecule has 20 heavy (non-hydrogen) atoms. The first kappa shape index (κ1) is 13.4. The maximum Gasteiger partial charge on any atom is 0.254 e. The second-order valence-electron chi connectivity index (χ2n) is 5.07. The van der Waals surface area contributed by atoms with Crippen molar-refractivity contribution in [2.45, 2.75) is 18.9 Å². The Balaban J connectivity index is 1.85. The molecule has 2 aromatic carbocycles. The fourth-order valence-electron chi connectivity index (χ4n) is 2.79. The second kappa shape index (κ2) is 5.80. The zero-order valence-corrected chi connectivity index (χ0v) is 12.7. The van der Waals surface area contributed by atoms with Crippen LogP contribution in [0.4, 0.5) is 0 Å². The maximum absolute atomic E-state index is 12.7. The molecule has 1 saturated heterocycles. The minimum atomic E-state index is 0.129. The van der Waals surface area contributed by atoms with Crippen molar-refractivity contribution in [1.82, 2.24) is 4.90 Å². The van der Waals surface area contributed by atoms with Gasteiger partial charge in [0.25, 0.3) is 5.91 Å². The van der Waals surface area contributed by atoms with Crippen LogP contribution in [0.5, 0.6) is 0 Å². The van der Waals surface area contributed by atoms with Crippen molar-refractivity contribution in [3.63, 3.8) is 0 Å². The molecule has 0 spiro atoms. The van der Waals surface area contributed by atoms with Gasteiger partial charge in [-0.2, -0.15) is 0 Å². The first-order valence-corrected chi connectivity index (χ1v) is 7.66. The lowest BCUT2D eigenvalue weighted by molar-refractivity contribution is 0.0735. The first-order valence-electron chi connectivity index (χ1n) is 6.87. The summed E-state index contributed by atoms with van der Waals surface area (Å²) in [6.07, 6.45) is 2.12. The van der Waals surface area contributed by atoms with E-state index in [-0.39, 0.29) is 11.9 Å². The summed E-state index contributed by atoms with van der Waals surface area (Å²) in [7, 11) is 0. The number of hydrogen-bond acceptors (Lipinski definition) is 1. The molecule has 2 aromatic rings. The van der Waals surface area contributed by atoms with Gasteiger partial charge in [0.1, 0.15) is 0 Å². The number of hydrogen-bond donors (Lipinski definition) is 0. The topological polar surface area (TPSA) is 20.3 Å². The number of nitrogens with zero attached hydrogens (tertiary/aromatic N) is 1. The summed E-state index contributed by atoms with van der Waals surface area (Å²) in [6.45, 7) is 0.842.